The lowest BCUT2D eigenvalue weighted by atomic mass is 10.0. The number of hydrogen-bond acceptors (Lipinski definition) is 5. The molecule has 28 heavy (non-hydrogen) atoms. The van der Waals surface area contributed by atoms with Crippen molar-refractivity contribution >= 4 is 17.9 Å². The summed E-state index contributed by atoms with van der Waals surface area (Å²) in [7, 11) is 1.62. The highest BCUT2D eigenvalue weighted by Gasteiger charge is 2.25. The molecule has 0 bridgehead atoms. The third kappa shape index (κ3) is 6.53. The summed E-state index contributed by atoms with van der Waals surface area (Å²) < 4.78 is 9.95. The van der Waals surface area contributed by atoms with Crippen molar-refractivity contribution in [2.75, 3.05) is 40.0 Å². The molecular formula is C20H29N3O5. The first-order valence-electron chi connectivity index (χ1n) is 9.65. The fourth-order valence-electron chi connectivity index (χ4n) is 3.01. The first kappa shape index (κ1) is 21.7. The van der Waals surface area contributed by atoms with E-state index in [2.05, 4.69) is 10.6 Å². The van der Waals surface area contributed by atoms with Crippen LogP contribution >= 0.6 is 0 Å². The van der Waals surface area contributed by atoms with Gasteiger partial charge in [-0.05, 0) is 44.4 Å². The van der Waals surface area contributed by atoms with Crippen LogP contribution in [0.5, 0.6) is 0 Å². The third-order valence-corrected chi connectivity index (χ3v) is 4.55. The maximum absolute atomic E-state index is 12.5. The summed E-state index contributed by atoms with van der Waals surface area (Å²) in [6.07, 6.45) is 1.76. The molecule has 8 nitrogen and oxygen atoms in total. The molecule has 1 fully saturated rings. The Bertz CT molecular complexity index is 672. The van der Waals surface area contributed by atoms with Crippen molar-refractivity contribution in [1.82, 2.24) is 15.5 Å². The first-order chi connectivity index (χ1) is 13.5. The lowest BCUT2D eigenvalue weighted by Crippen LogP contribution is -2.46. The molecule has 1 aliphatic rings. The summed E-state index contributed by atoms with van der Waals surface area (Å²) in [5.41, 5.74) is 0.888. The van der Waals surface area contributed by atoms with Gasteiger partial charge in [0.25, 0.3) is 11.8 Å². The number of nitrogens with zero attached hydrogens (tertiary/aromatic N) is 1. The second kappa shape index (κ2) is 11.3. The van der Waals surface area contributed by atoms with E-state index in [-0.39, 0.29) is 23.9 Å². The molecular weight excluding hydrogens is 362 g/mol. The fraction of sp³-hybridized carbons (Fsp3) is 0.550. The van der Waals surface area contributed by atoms with E-state index >= 15 is 0 Å². The number of amides is 3. The van der Waals surface area contributed by atoms with E-state index in [9.17, 15) is 14.4 Å². The van der Waals surface area contributed by atoms with Gasteiger partial charge in [0.05, 0.1) is 6.61 Å². The minimum Gasteiger partial charge on any atom is -0.450 e. The van der Waals surface area contributed by atoms with Crippen molar-refractivity contribution < 1.29 is 23.9 Å². The van der Waals surface area contributed by atoms with E-state index < -0.39 is 0 Å². The largest absolute Gasteiger partial charge is 0.450 e. The molecule has 0 atom stereocenters. The predicted octanol–water partition coefficient (Wildman–Crippen LogP) is 1.80. The van der Waals surface area contributed by atoms with Crippen LogP contribution in [-0.2, 0) is 9.47 Å². The predicted molar refractivity (Wildman–Crippen MR) is 104 cm³/mol. The number of ether oxygens (including phenoxy) is 2. The first-order valence-corrected chi connectivity index (χ1v) is 9.65. The number of likely N-dealkylation sites (tertiary alicyclic amines) is 1. The van der Waals surface area contributed by atoms with E-state index in [1.165, 1.54) is 0 Å². The lowest BCUT2D eigenvalue weighted by Gasteiger charge is -2.31. The quantitative estimate of drug-likeness (QED) is 0.659. The van der Waals surface area contributed by atoms with Gasteiger partial charge >= 0.3 is 6.09 Å². The van der Waals surface area contributed by atoms with Crippen LogP contribution in [-0.4, -0.2) is 68.8 Å². The summed E-state index contributed by atoms with van der Waals surface area (Å²) in [6, 6.07) is 6.65. The van der Waals surface area contributed by atoms with Crippen LogP contribution in [0.1, 0.15) is 46.9 Å². The van der Waals surface area contributed by atoms with Gasteiger partial charge in [0.15, 0.2) is 0 Å². The van der Waals surface area contributed by atoms with Crippen LogP contribution in [0, 0.1) is 0 Å². The number of hydrogen-bond donors (Lipinski definition) is 2. The van der Waals surface area contributed by atoms with E-state index in [4.69, 9.17) is 9.47 Å². The van der Waals surface area contributed by atoms with E-state index in [0.717, 1.165) is 6.42 Å². The van der Waals surface area contributed by atoms with Gasteiger partial charge in [-0.1, -0.05) is 6.07 Å². The molecule has 0 spiro atoms. The van der Waals surface area contributed by atoms with Gasteiger partial charge in [-0.15, -0.1) is 0 Å². The van der Waals surface area contributed by atoms with Gasteiger partial charge in [0, 0.05) is 50.5 Å². The molecule has 3 amide bonds. The number of rotatable bonds is 8. The average Bonchev–Trinajstić information content (AvgIpc) is 2.72. The van der Waals surface area contributed by atoms with Crippen LogP contribution in [0.3, 0.4) is 0 Å². The summed E-state index contributed by atoms with van der Waals surface area (Å²) in [5, 5.41) is 5.79. The van der Waals surface area contributed by atoms with Gasteiger partial charge in [0.1, 0.15) is 0 Å². The molecule has 1 aliphatic heterocycles. The number of nitrogens with one attached hydrogen (secondary N) is 2. The van der Waals surface area contributed by atoms with Crippen LogP contribution in [0.2, 0.25) is 0 Å². The van der Waals surface area contributed by atoms with E-state index in [1.807, 2.05) is 0 Å². The van der Waals surface area contributed by atoms with Gasteiger partial charge in [-0.3, -0.25) is 9.59 Å². The Balaban J connectivity index is 1.84. The number of carbonyl (C=O) groups excluding carboxylic acids is 3. The highest BCUT2D eigenvalue weighted by atomic mass is 16.6. The molecule has 1 saturated heterocycles. The van der Waals surface area contributed by atoms with E-state index in [1.54, 1.807) is 43.2 Å². The zero-order chi connectivity index (χ0) is 20.4. The van der Waals surface area contributed by atoms with Crippen molar-refractivity contribution in [2.45, 2.75) is 32.2 Å². The third-order valence-electron chi connectivity index (χ3n) is 4.55. The fourth-order valence-corrected chi connectivity index (χ4v) is 3.01. The molecule has 0 unspecified atom stereocenters. The van der Waals surface area contributed by atoms with Crippen molar-refractivity contribution in [3.8, 4) is 0 Å². The Hall–Kier alpha value is -2.61. The number of methoxy groups -OCH3 is 1. The zero-order valence-corrected chi connectivity index (χ0v) is 16.5. The minimum absolute atomic E-state index is 0.00953. The molecule has 1 heterocycles. The van der Waals surface area contributed by atoms with Crippen LogP contribution in [0.25, 0.3) is 0 Å². The second-order valence-electron chi connectivity index (χ2n) is 6.62. The Kier molecular flexibility index (Phi) is 8.74. The summed E-state index contributed by atoms with van der Waals surface area (Å²) in [6.45, 7) is 4.33. The van der Waals surface area contributed by atoms with Gasteiger partial charge in [-0.2, -0.15) is 0 Å². The minimum atomic E-state index is -0.309. The summed E-state index contributed by atoms with van der Waals surface area (Å²) in [5.74, 6) is -0.433. The smallest absolute Gasteiger partial charge is 0.409 e. The standard InChI is InChI=1S/C20H29N3O5/c1-3-28-20(26)23-11-8-17(9-12-23)22-19(25)16-7-4-6-15(14-16)18(24)21-10-5-13-27-2/h4,6-7,14,17H,3,5,8-13H2,1-2H3,(H,21,24)(H,22,25). The van der Waals surface area contributed by atoms with Crippen molar-refractivity contribution in [3.63, 3.8) is 0 Å². The molecule has 1 aromatic rings. The van der Waals surface area contributed by atoms with Crippen molar-refractivity contribution in [1.29, 1.82) is 0 Å². The Morgan fingerprint density at radius 3 is 2.46 bits per heavy atom. The maximum atomic E-state index is 12.5. The highest BCUT2D eigenvalue weighted by molar-refractivity contribution is 5.99. The number of piperidine rings is 1. The second-order valence-corrected chi connectivity index (χ2v) is 6.62. The van der Waals surface area contributed by atoms with Crippen molar-refractivity contribution in [3.05, 3.63) is 35.4 Å². The molecule has 2 N–H and O–H groups in total. The molecule has 1 aromatic carbocycles. The topological polar surface area (TPSA) is 97.0 Å². The highest BCUT2D eigenvalue weighted by Crippen LogP contribution is 2.13. The summed E-state index contributed by atoms with van der Waals surface area (Å²) >= 11 is 0. The van der Waals surface area contributed by atoms with Gasteiger partial charge in [-0.25, -0.2) is 4.79 Å². The molecule has 0 aliphatic carbocycles. The molecule has 8 heteroatoms. The number of benzene rings is 1. The zero-order valence-electron chi connectivity index (χ0n) is 16.5. The summed E-state index contributed by atoms with van der Waals surface area (Å²) in [4.78, 5) is 38.1. The normalized spacial score (nSPS) is 14.4. The van der Waals surface area contributed by atoms with Crippen LogP contribution in [0.4, 0.5) is 4.79 Å². The van der Waals surface area contributed by atoms with Crippen LogP contribution < -0.4 is 10.6 Å². The van der Waals surface area contributed by atoms with E-state index in [0.29, 0.717) is 56.8 Å². The molecule has 154 valence electrons. The maximum Gasteiger partial charge on any atom is 0.409 e. The van der Waals surface area contributed by atoms with Gasteiger partial charge < -0.3 is 25.0 Å². The Labute approximate surface area is 165 Å². The molecule has 0 aromatic heterocycles. The monoisotopic (exact) mass is 391 g/mol. The Morgan fingerprint density at radius 1 is 1.14 bits per heavy atom. The molecule has 2 rings (SSSR count). The Morgan fingerprint density at radius 2 is 1.82 bits per heavy atom. The van der Waals surface area contributed by atoms with Crippen LogP contribution in [0.15, 0.2) is 24.3 Å². The lowest BCUT2D eigenvalue weighted by molar-refractivity contribution is 0.0859. The van der Waals surface area contributed by atoms with Gasteiger partial charge in [0.2, 0.25) is 0 Å². The van der Waals surface area contributed by atoms with Crippen molar-refractivity contribution in [2.24, 2.45) is 0 Å². The average molecular weight is 391 g/mol. The molecule has 0 saturated carbocycles. The number of carbonyl (C=O) groups is 3. The SMILES string of the molecule is CCOC(=O)N1CCC(NC(=O)c2cccc(C(=O)NCCCOC)c2)CC1. The molecule has 0 radical (unpaired) electrons.